The summed E-state index contributed by atoms with van der Waals surface area (Å²) in [5.41, 5.74) is 1.36. The first kappa shape index (κ1) is 19.9. The van der Waals surface area contributed by atoms with Gasteiger partial charge in [-0.3, -0.25) is 9.69 Å². The zero-order valence-corrected chi connectivity index (χ0v) is 16.9. The fourth-order valence-corrected chi connectivity index (χ4v) is 4.44. The van der Waals surface area contributed by atoms with Gasteiger partial charge in [0.25, 0.3) is 5.91 Å². The lowest BCUT2D eigenvalue weighted by atomic mass is 10.0. The van der Waals surface area contributed by atoms with Crippen molar-refractivity contribution in [3.05, 3.63) is 74.6 Å². The molecule has 0 bridgehead atoms. The number of amides is 1. The number of benzene rings is 2. The summed E-state index contributed by atoms with van der Waals surface area (Å²) < 4.78 is 0.168. The Bertz CT molecular complexity index is 947. The van der Waals surface area contributed by atoms with E-state index >= 15 is 0 Å². The Kier molecular flexibility index (Phi) is 6.22. The van der Waals surface area contributed by atoms with Gasteiger partial charge in [0.2, 0.25) is 0 Å². The molecule has 3 rings (SSSR count). The molecule has 8 heteroatoms. The summed E-state index contributed by atoms with van der Waals surface area (Å²) in [5.74, 6) is -1.85. The average molecular weight is 437 g/mol. The maximum Gasteiger partial charge on any atom is 0.266 e. The third-order valence-corrected chi connectivity index (χ3v) is 5.82. The van der Waals surface area contributed by atoms with Crippen LogP contribution in [0.1, 0.15) is 11.1 Å². The molecular weight excluding hydrogens is 425 g/mol. The molecule has 1 heterocycles. The fraction of sp³-hybridized carbons (Fsp3) is 0.105. The molecule has 1 amide bonds. The van der Waals surface area contributed by atoms with Gasteiger partial charge in [0, 0.05) is 10.0 Å². The van der Waals surface area contributed by atoms with Crippen molar-refractivity contribution in [2.45, 2.75) is 12.5 Å². The molecule has 138 valence electrons. The second-order valence-corrected chi connectivity index (χ2v) is 8.26. The van der Waals surface area contributed by atoms with Crippen molar-refractivity contribution in [3.8, 4) is 0 Å². The number of hydrogen-bond acceptors (Lipinski definition) is 5. The number of carboxylic acid groups (broad SMARTS) is 1. The average Bonchev–Trinajstić information content (AvgIpc) is 2.90. The Balaban J connectivity index is 1.89. The minimum atomic E-state index is -1.36. The standard InChI is InChI=1S/C19H13Cl2NO3S2/c20-13-7-6-12(14(21)10-13)9-16-17(23)22(19(26)27-16)15(18(24)25)8-11-4-2-1-3-5-11/h1-7,9-10,15H,8H2,(H,24,25)/p-1. The topological polar surface area (TPSA) is 60.4 Å². The zero-order valence-electron chi connectivity index (χ0n) is 13.7. The Morgan fingerprint density at radius 1 is 1.22 bits per heavy atom. The first-order valence-electron chi connectivity index (χ1n) is 7.83. The van der Waals surface area contributed by atoms with Gasteiger partial charge in [-0.2, -0.15) is 0 Å². The second-order valence-electron chi connectivity index (χ2n) is 5.74. The first-order valence-corrected chi connectivity index (χ1v) is 9.82. The summed E-state index contributed by atoms with van der Waals surface area (Å²) in [7, 11) is 0. The van der Waals surface area contributed by atoms with Crippen molar-refractivity contribution in [1.29, 1.82) is 0 Å². The summed E-state index contributed by atoms with van der Waals surface area (Å²) in [6, 6.07) is 12.7. The van der Waals surface area contributed by atoms with E-state index in [-0.39, 0.29) is 10.7 Å². The quantitative estimate of drug-likeness (QED) is 0.529. The van der Waals surface area contributed by atoms with Crippen LogP contribution in [0.25, 0.3) is 6.08 Å². The summed E-state index contributed by atoms with van der Waals surface area (Å²) in [4.78, 5) is 25.9. The third kappa shape index (κ3) is 4.52. The third-order valence-electron chi connectivity index (χ3n) is 3.93. The monoisotopic (exact) mass is 436 g/mol. The van der Waals surface area contributed by atoms with E-state index in [0.717, 1.165) is 22.2 Å². The van der Waals surface area contributed by atoms with Gasteiger partial charge in [-0.05, 0) is 35.8 Å². The van der Waals surface area contributed by atoms with Crippen molar-refractivity contribution in [3.63, 3.8) is 0 Å². The molecule has 1 unspecified atom stereocenters. The summed E-state index contributed by atoms with van der Waals surface area (Å²) in [5, 5.41) is 12.6. The SMILES string of the molecule is O=C([O-])C(Cc1ccccc1)N1C(=O)C(=Cc2ccc(Cl)cc2Cl)SC1=S. The van der Waals surface area contributed by atoms with E-state index in [1.165, 1.54) is 0 Å². The van der Waals surface area contributed by atoms with Gasteiger partial charge in [-0.1, -0.05) is 83.6 Å². The molecule has 1 fully saturated rings. The molecule has 4 nitrogen and oxygen atoms in total. The Labute approximate surface area is 175 Å². The van der Waals surface area contributed by atoms with E-state index in [9.17, 15) is 14.7 Å². The van der Waals surface area contributed by atoms with E-state index < -0.39 is 17.9 Å². The lowest BCUT2D eigenvalue weighted by Gasteiger charge is -2.27. The van der Waals surface area contributed by atoms with Crippen LogP contribution >= 0.6 is 47.2 Å². The smallest absolute Gasteiger partial charge is 0.266 e. The van der Waals surface area contributed by atoms with Crippen LogP contribution in [-0.2, 0) is 16.0 Å². The number of thiocarbonyl (C=S) groups is 1. The van der Waals surface area contributed by atoms with Gasteiger partial charge in [0.05, 0.1) is 16.9 Å². The Hall–Kier alpha value is -1.86. The van der Waals surface area contributed by atoms with Crippen LogP contribution in [0.4, 0.5) is 0 Å². The van der Waals surface area contributed by atoms with Crippen LogP contribution in [-0.4, -0.2) is 27.1 Å². The molecule has 1 aliphatic rings. The molecule has 1 saturated heterocycles. The highest BCUT2D eigenvalue weighted by Crippen LogP contribution is 2.36. The van der Waals surface area contributed by atoms with Gasteiger partial charge in [0.1, 0.15) is 4.32 Å². The number of carbonyl (C=O) groups excluding carboxylic acids is 2. The van der Waals surface area contributed by atoms with Crippen LogP contribution < -0.4 is 5.11 Å². The van der Waals surface area contributed by atoms with Crippen LogP contribution in [0.3, 0.4) is 0 Å². The summed E-state index contributed by atoms with van der Waals surface area (Å²) >= 11 is 18.3. The lowest BCUT2D eigenvalue weighted by molar-refractivity contribution is -0.310. The predicted octanol–water partition coefficient (Wildman–Crippen LogP) is 3.56. The molecule has 0 spiro atoms. The van der Waals surface area contributed by atoms with Crippen molar-refractivity contribution in [2.75, 3.05) is 0 Å². The van der Waals surface area contributed by atoms with E-state index in [2.05, 4.69) is 0 Å². The highest BCUT2D eigenvalue weighted by molar-refractivity contribution is 8.26. The summed E-state index contributed by atoms with van der Waals surface area (Å²) in [6.07, 6.45) is 1.68. The minimum absolute atomic E-state index is 0.102. The maximum atomic E-state index is 12.8. The Morgan fingerprint density at radius 3 is 2.56 bits per heavy atom. The van der Waals surface area contributed by atoms with Gasteiger partial charge in [-0.15, -0.1) is 0 Å². The van der Waals surface area contributed by atoms with Gasteiger partial charge in [0.15, 0.2) is 0 Å². The Morgan fingerprint density at radius 2 is 1.93 bits per heavy atom. The molecule has 2 aromatic rings. The number of hydrogen-bond donors (Lipinski definition) is 0. The van der Waals surface area contributed by atoms with Crippen molar-refractivity contribution < 1.29 is 14.7 Å². The first-order chi connectivity index (χ1) is 12.9. The fourth-order valence-electron chi connectivity index (χ4n) is 2.63. The predicted molar refractivity (Wildman–Crippen MR) is 110 cm³/mol. The van der Waals surface area contributed by atoms with Gasteiger partial charge >= 0.3 is 0 Å². The van der Waals surface area contributed by atoms with Crippen molar-refractivity contribution >= 4 is 69.5 Å². The van der Waals surface area contributed by atoms with Crippen molar-refractivity contribution in [2.24, 2.45) is 0 Å². The number of nitrogens with zero attached hydrogens (tertiary/aromatic N) is 1. The largest absolute Gasteiger partial charge is 0.548 e. The normalized spacial score (nSPS) is 16.8. The van der Waals surface area contributed by atoms with E-state index in [0.29, 0.717) is 20.5 Å². The van der Waals surface area contributed by atoms with Crippen LogP contribution in [0, 0.1) is 0 Å². The molecule has 27 heavy (non-hydrogen) atoms. The van der Waals surface area contributed by atoms with E-state index in [1.807, 2.05) is 6.07 Å². The number of carboxylic acids is 1. The van der Waals surface area contributed by atoms with Crippen LogP contribution in [0.5, 0.6) is 0 Å². The van der Waals surface area contributed by atoms with E-state index in [1.54, 1.807) is 48.5 Å². The van der Waals surface area contributed by atoms with Gasteiger partial charge < -0.3 is 9.90 Å². The molecular formula is C19H12Cl2NO3S2-. The highest BCUT2D eigenvalue weighted by Gasteiger charge is 2.37. The number of carbonyl (C=O) groups is 2. The molecule has 0 aromatic heterocycles. The molecule has 0 N–H and O–H groups in total. The number of halogens is 2. The number of rotatable bonds is 5. The maximum absolute atomic E-state index is 12.8. The van der Waals surface area contributed by atoms with Crippen LogP contribution in [0.15, 0.2) is 53.4 Å². The molecule has 1 aliphatic heterocycles. The molecule has 1 atom stereocenters. The second kappa shape index (κ2) is 8.44. The number of thioether (sulfide) groups is 1. The molecule has 2 aromatic carbocycles. The van der Waals surface area contributed by atoms with Crippen LogP contribution in [0.2, 0.25) is 10.0 Å². The zero-order chi connectivity index (χ0) is 19.6. The highest BCUT2D eigenvalue weighted by atomic mass is 35.5. The van der Waals surface area contributed by atoms with Crippen molar-refractivity contribution in [1.82, 2.24) is 4.90 Å². The molecule has 0 radical (unpaired) electrons. The van der Waals surface area contributed by atoms with E-state index in [4.69, 9.17) is 35.4 Å². The molecule has 0 aliphatic carbocycles. The number of aliphatic carboxylic acids is 1. The summed E-state index contributed by atoms with van der Waals surface area (Å²) in [6.45, 7) is 0. The molecule has 0 saturated carbocycles. The lowest BCUT2D eigenvalue weighted by Crippen LogP contribution is -2.51. The minimum Gasteiger partial charge on any atom is -0.548 e. The van der Waals surface area contributed by atoms with Gasteiger partial charge in [-0.25, -0.2) is 0 Å².